The molecule has 1 unspecified atom stereocenters. The van der Waals surface area contributed by atoms with Crippen LogP contribution < -0.4 is 0 Å². The average Bonchev–Trinajstić information content (AvgIpc) is 2.83. The fraction of sp³-hybridized carbons (Fsp3) is 1.00. The quantitative estimate of drug-likeness (QED) is 0.110. The van der Waals surface area contributed by atoms with E-state index in [1.54, 1.807) is 0 Å². The highest BCUT2D eigenvalue weighted by atomic mass is 28.4. The van der Waals surface area contributed by atoms with Crippen LogP contribution in [0.5, 0.6) is 0 Å². The molecule has 1 atom stereocenters. The van der Waals surface area contributed by atoms with Gasteiger partial charge in [0.1, 0.15) is 0 Å². The first kappa shape index (κ1) is 32.1. The van der Waals surface area contributed by atoms with Gasteiger partial charge in [-0.2, -0.15) is 0 Å². The van der Waals surface area contributed by atoms with Gasteiger partial charge in [-0.05, 0) is 30.1 Å². The van der Waals surface area contributed by atoms with E-state index in [4.69, 9.17) is 17.7 Å². The van der Waals surface area contributed by atoms with E-state index in [1.165, 1.54) is 25.7 Å². The molecule has 0 saturated heterocycles. The first-order chi connectivity index (χ1) is 15.5. The van der Waals surface area contributed by atoms with Crippen molar-refractivity contribution in [3.63, 3.8) is 0 Å². The Hall–Kier alpha value is 0.0569. The maximum Gasteiger partial charge on any atom is 0.679 e. The van der Waals surface area contributed by atoms with Crippen LogP contribution in [0.2, 0.25) is 0 Å². The van der Waals surface area contributed by atoms with Gasteiger partial charge in [0.25, 0.3) is 0 Å². The average molecular weight is 475 g/mol. The second-order valence-corrected chi connectivity index (χ2v) is 11.7. The minimum Gasteiger partial charge on any atom is -0.351 e. The lowest BCUT2D eigenvalue weighted by Crippen LogP contribution is -2.52. The summed E-state index contributed by atoms with van der Waals surface area (Å²) >= 11 is 0. The summed E-state index contributed by atoms with van der Waals surface area (Å²) < 4.78 is 26.2. The second kappa shape index (κ2) is 20.4. The van der Waals surface area contributed by atoms with Gasteiger partial charge >= 0.3 is 9.05 Å². The predicted octanol–water partition coefficient (Wildman–Crippen LogP) is 8.40. The number of hydrogen-bond donors (Lipinski definition) is 0. The molecule has 32 heavy (non-hydrogen) atoms. The fourth-order valence-electron chi connectivity index (χ4n) is 3.79. The van der Waals surface area contributed by atoms with Gasteiger partial charge in [0.2, 0.25) is 0 Å². The van der Waals surface area contributed by atoms with Gasteiger partial charge in [-0.15, -0.1) is 0 Å². The molecular formula is C27H58O4Si. The van der Waals surface area contributed by atoms with E-state index in [-0.39, 0.29) is 0 Å². The summed E-state index contributed by atoms with van der Waals surface area (Å²) in [6.07, 6.45) is 12.8. The second-order valence-electron chi connectivity index (χ2n) is 9.56. The molecule has 0 saturated carbocycles. The molecule has 0 heterocycles. The van der Waals surface area contributed by atoms with Gasteiger partial charge < -0.3 is 17.7 Å². The maximum atomic E-state index is 6.60. The highest BCUT2D eigenvalue weighted by Gasteiger charge is 2.47. The molecule has 0 rings (SSSR count). The third-order valence-electron chi connectivity index (χ3n) is 7.24. The summed E-state index contributed by atoms with van der Waals surface area (Å²) in [6, 6.07) is 0. The van der Waals surface area contributed by atoms with Gasteiger partial charge in [-0.1, -0.05) is 120 Å². The van der Waals surface area contributed by atoms with Gasteiger partial charge in [0.15, 0.2) is 0 Å². The van der Waals surface area contributed by atoms with E-state index in [9.17, 15) is 0 Å². The SMILES string of the molecule is CCCCCC(CC)CO[Si](OCC(CC)CC)(OCC(CC)CC)OCC(CC)CC. The largest absolute Gasteiger partial charge is 0.679 e. The standard InChI is InChI=1S/C27H58O4Si/c1-9-17-18-19-27(16-8)23-31-32(28-20-24(10-2)11-3,29-21-25(12-4)13-5)30-22-26(14-6)15-7/h24-27H,9-23H2,1-8H3. The molecule has 0 aliphatic heterocycles. The highest BCUT2D eigenvalue weighted by Crippen LogP contribution is 2.24. The molecule has 0 N–H and O–H groups in total. The first-order valence-corrected chi connectivity index (χ1v) is 15.7. The molecule has 0 bridgehead atoms. The molecule has 0 spiro atoms. The number of unbranched alkanes of at least 4 members (excludes halogenated alkanes) is 2. The Morgan fingerprint density at radius 2 is 0.750 bits per heavy atom. The van der Waals surface area contributed by atoms with Gasteiger partial charge in [0, 0.05) is 26.4 Å². The molecule has 0 radical (unpaired) electrons. The Kier molecular flexibility index (Phi) is 20.5. The molecule has 5 heteroatoms. The molecule has 194 valence electrons. The van der Waals surface area contributed by atoms with Crippen LogP contribution in [0.3, 0.4) is 0 Å². The zero-order chi connectivity index (χ0) is 24.2. The Morgan fingerprint density at radius 3 is 1.03 bits per heavy atom. The van der Waals surface area contributed by atoms with Crippen LogP contribution in [-0.4, -0.2) is 35.5 Å². The van der Waals surface area contributed by atoms with Gasteiger partial charge in [-0.25, -0.2) is 0 Å². The minimum atomic E-state index is -3.21. The highest BCUT2D eigenvalue weighted by molar-refractivity contribution is 6.53. The number of rotatable bonds is 23. The Bertz CT molecular complexity index is 354. The third kappa shape index (κ3) is 13.7. The zero-order valence-electron chi connectivity index (χ0n) is 23.0. The summed E-state index contributed by atoms with van der Waals surface area (Å²) in [4.78, 5) is 0. The third-order valence-corrected chi connectivity index (χ3v) is 9.32. The van der Waals surface area contributed by atoms with Crippen molar-refractivity contribution in [3.05, 3.63) is 0 Å². The molecule has 0 aliphatic carbocycles. The fourth-order valence-corrected chi connectivity index (χ4v) is 6.05. The maximum absolute atomic E-state index is 6.60. The van der Waals surface area contributed by atoms with Crippen LogP contribution in [0.1, 0.15) is 126 Å². The van der Waals surface area contributed by atoms with E-state index in [0.717, 1.165) is 44.9 Å². The van der Waals surface area contributed by atoms with E-state index in [1.807, 2.05) is 0 Å². The van der Waals surface area contributed by atoms with Crippen molar-refractivity contribution >= 4 is 9.05 Å². The molecule has 0 aromatic carbocycles. The van der Waals surface area contributed by atoms with Crippen LogP contribution in [0.25, 0.3) is 0 Å². The Morgan fingerprint density at radius 1 is 0.438 bits per heavy atom. The minimum absolute atomic E-state index is 0.519. The van der Waals surface area contributed by atoms with E-state index in [0.29, 0.717) is 50.1 Å². The zero-order valence-corrected chi connectivity index (χ0v) is 24.0. The number of hydrogen-bond acceptors (Lipinski definition) is 4. The van der Waals surface area contributed by atoms with Crippen LogP contribution in [-0.2, 0) is 17.7 Å². The molecule has 0 aliphatic rings. The van der Waals surface area contributed by atoms with Crippen molar-refractivity contribution in [2.45, 2.75) is 126 Å². The normalized spacial score (nSPS) is 13.6. The summed E-state index contributed by atoms with van der Waals surface area (Å²) in [7, 11) is -3.21. The molecular weight excluding hydrogens is 416 g/mol. The topological polar surface area (TPSA) is 36.9 Å². The summed E-state index contributed by atoms with van der Waals surface area (Å²) in [5, 5.41) is 0. The first-order valence-electron chi connectivity index (χ1n) is 14.0. The van der Waals surface area contributed by atoms with Crippen LogP contribution in [0.4, 0.5) is 0 Å². The summed E-state index contributed by atoms with van der Waals surface area (Å²) in [6.45, 7) is 20.6. The molecule has 0 fully saturated rings. The van der Waals surface area contributed by atoms with Gasteiger partial charge in [-0.3, -0.25) is 0 Å². The van der Waals surface area contributed by atoms with Crippen molar-refractivity contribution in [1.82, 2.24) is 0 Å². The van der Waals surface area contributed by atoms with Crippen molar-refractivity contribution < 1.29 is 17.7 Å². The lowest BCUT2D eigenvalue weighted by molar-refractivity contribution is -0.0603. The van der Waals surface area contributed by atoms with Crippen molar-refractivity contribution in [2.75, 3.05) is 26.4 Å². The van der Waals surface area contributed by atoms with Crippen LogP contribution in [0.15, 0.2) is 0 Å². The predicted molar refractivity (Wildman–Crippen MR) is 140 cm³/mol. The van der Waals surface area contributed by atoms with Gasteiger partial charge in [0.05, 0.1) is 0 Å². The smallest absolute Gasteiger partial charge is 0.351 e. The lowest BCUT2D eigenvalue weighted by Gasteiger charge is -2.33. The van der Waals surface area contributed by atoms with E-state index < -0.39 is 9.05 Å². The monoisotopic (exact) mass is 474 g/mol. The molecule has 4 nitrogen and oxygen atoms in total. The summed E-state index contributed by atoms with van der Waals surface area (Å²) in [5.41, 5.74) is 0. The lowest BCUT2D eigenvalue weighted by atomic mass is 10.00. The van der Waals surface area contributed by atoms with E-state index >= 15 is 0 Å². The molecule has 0 aromatic rings. The van der Waals surface area contributed by atoms with Crippen molar-refractivity contribution in [3.8, 4) is 0 Å². The van der Waals surface area contributed by atoms with Crippen molar-refractivity contribution in [1.29, 1.82) is 0 Å². The molecule has 0 amide bonds. The van der Waals surface area contributed by atoms with Crippen LogP contribution in [0, 0.1) is 23.7 Å². The molecule has 0 aromatic heterocycles. The Balaban J connectivity index is 5.51. The van der Waals surface area contributed by atoms with Crippen LogP contribution >= 0.6 is 0 Å². The van der Waals surface area contributed by atoms with Crippen molar-refractivity contribution in [2.24, 2.45) is 23.7 Å². The Labute approximate surface area is 203 Å². The van der Waals surface area contributed by atoms with E-state index in [2.05, 4.69) is 55.4 Å². The summed E-state index contributed by atoms with van der Waals surface area (Å²) in [5.74, 6) is 2.10.